The average Bonchev–Trinajstić information content (AvgIpc) is 3.40. The molecule has 0 radical (unpaired) electrons. The summed E-state index contributed by atoms with van der Waals surface area (Å²) in [4.78, 5) is 26.8. The van der Waals surface area contributed by atoms with E-state index in [-0.39, 0.29) is 17.2 Å². The zero-order chi connectivity index (χ0) is 28.4. The van der Waals surface area contributed by atoms with Crippen LogP contribution in [0.2, 0.25) is 0 Å². The van der Waals surface area contributed by atoms with Crippen LogP contribution in [0.4, 0.5) is 16.6 Å². The number of benzene rings is 2. The second-order valence-electron chi connectivity index (χ2n) is 10.6. The maximum atomic E-state index is 13.2. The molecule has 0 spiro atoms. The third kappa shape index (κ3) is 6.29. The Hall–Kier alpha value is -3.88. The van der Waals surface area contributed by atoms with Gasteiger partial charge in [-0.1, -0.05) is 46.0 Å². The van der Waals surface area contributed by atoms with Crippen LogP contribution in [0.5, 0.6) is 11.5 Å². The first-order valence-electron chi connectivity index (χ1n) is 12.8. The first kappa shape index (κ1) is 27.7. The van der Waals surface area contributed by atoms with Crippen molar-refractivity contribution in [2.45, 2.75) is 46.0 Å². The second kappa shape index (κ2) is 11.3. The van der Waals surface area contributed by atoms with Gasteiger partial charge in [-0.25, -0.2) is 0 Å². The molecule has 1 amide bonds. The van der Waals surface area contributed by atoms with E-state index in [1.54, 1.807) is 35.1 Å². The number of rotatable bonds is 7. The molecule has 9 nitrogen and oxygen atoms in total. The number of fused-ring (bicyclic) bond motifs is 1. The van der Waals surface area contributed by atoms with Crippen molar-refractivity contribution in [1.82, 2.24) is 25.1 Å². The molecule has 0 aliphatic rings. The molecule has 11 heteroatoms. The molecule has 0 saturated carbocycles. The third-order valence-corrected chi connectivity index (χ3v) is 8.07. The number of ether oxygens (including phenoxy) is 1. The molecule has 0 bridgehead atoms. The Labute approximate surface area is 245 Å². The van der Waals surface area contributed by atoms with Crippen molar-refractivity contribution < 1.29 is 9.53 Å². The van der Waals surface area contributed by atoms with Gasteiger partial charge in [-0.05, 0) is 5.92 Å². The molecule has 204 valence electrons. The zero-order valence-corrected chi connectivity index (χ0v) is 26.1. The monoisotopic (exact) mass is 615 g/mol. The molecule has 0 aliphatic carbocycles. The fourth-order valence-corrected chi connectivity index (χ4v) is 4.97. The van der Waals surface area contributed by atoms with Gasteiger partial charge in [-0.15, -0.1) is 10.2 Å². The van der Waals surface area contributed by atoms with Gasteiger partial charge in [0.15, 0.2) is 0 Å². The van der Waals surface area contributed by atoms with E-state index in [0.29, 0.717) is 39.3 Å². The predicted octanol–water partition coefficient (Wildman–Crippen LogP) is 5.34. The first-order valence-corrected chi connectivity index (χ1v) is 14.8. The third-order valence-electron chi connectivity index (χ3n) is 6.00. The van der Waals surface area contributed by atoms with Gasteiger partial charge in [0.1, 0.15) is 5.01 Å². The molecule has 40 heavy (non-hydrogen) atoms. The van der Waals surface area contributed by atoms with Crippen molar-refractivity contribution in [2.24, 2.45) is 0 Å². The van der Waals surface area contributed by atoms with E-state index in [4.69, 9.17) is 9.72 Å². The second-order valence-corrected chi connectivity index (χ2v) is 13.0. The van der Waals surface area contributed by atoms with Gasteiger partial charge in [0.25, 0.3) is 0 Å². The van der Waals surface area contributed by atoms with Crippen molar-refractivity contribution >= 4 is 66.1 Å². The summed E-state index contributed by atoms with van der Waals surface area (Å²) in [5, 5.41) is 16.6. The van der Waals surface area contributed by atoms with Crippen LogP contribution in [-0.2, 0) is 5.41 Å². The molecule has 1 unspecified atom stereocenters. The molecular formula is C29H30AsN7O2S. The van der Waals surface area contributed by atoms with E-state index in [0.717, 1.165) is 16.1 Å². The molecule has 0 fully saturated rings. The number of carbonyl (C=O) groups is 1. The van der Waals surface area contributed by atoms with Gasteiger partial charge in [0.05, 0.1) is 0 Å². The molecule has 0 aliphatic heterocycles. The quantitative estimate of drug-likeness (QED) is 0.236. The SMILES string of the molecule is CC(C)c1ccc2c(Nc3cc(C(=O)Nc4nnc(C(C)(C)C)s4)ccc3Oc3ccc([AsH2])cc3)ncnc2n1. The Kier molecular flexibility index (Phi) is 7.83. The molecule has 2 aromatic carbocycles. The average molecular weight is 616 g/mol. The molecule has 3 heterocycles. The maximum absolute atomic E-state index is 13.2. The minimum atomic E-state index is -0.306. The van der Waals surface area contributed by atoms with Gasteiger partial charge in [0.2, 0.25) is 0 Å². The predicted molar refractivity (Wildman–Crippen MR) is 162 cm³/mol. The number of hydrogen-bond donors (Lipinski definition) is 2. The number of pyridine rings is 1. The zero-order valence-electron chi connectivity index (χ0n) is 22.9. The Bertz CT molecular complexity index is 1680. The fraction of sp³-hybridized carbons (Fsp3) is 0.241. The van der Waals surface area contributed by atoms with E-state index < -0.39 is 0 Å². The van der Waals surface area contributed by atoms with E-state index >= 15 is 0 Å². The summed E-state index contributed by atoms with van der Waals surface area (Å²) in [7, 11) is 0. The summed E-state index contributed by atoms with van der Waals surface area (Å²) in [5.74, 6) is 1.74. The standard InChI is InChI=1S/C29H30AsN7O2S/c1-16(2)21-12-11-20-24(33-21)31-15-32-25(20)34-22-14-17(6-13-23(22)39-19-9-7-18(30)8-10-19)26(38)35-28-37-36-27(40-28)29(3,4)5/h6-16H,30H2,1-5H3,(H,35,37,38)(H,31,32,33,34). The van der Waals surface area contributed by atoms with Gasteiger partial charge in [0, 0.05) is 11.1 Å². The summed E-state index contributed by atoms with van der Waals surface area (Å²) in [6.45, 7) is 10.3. The number of aromatic nitrogens is 5. The Morgan fingerprint density at radius 3 is 2.48 bits per heavy atom. The van der Waals surface area contributed by atoms with Gasteiger partial charge < -0.3 is 0 Å². The summed E-state index contributed by atoms with van der Waals surface area (Å²) in [6, 6.07) is 17.0. The van der Waals surface area contributed by atoms with E-state index in [9.17, 15) is 4.79 Å². The van der Waals surface area contributed by atoms with Gasteiger partial charge in [-0.2, -0.15) is 0 Å². The summed E-state index contributed by atoms with van der Waals surface area (Å²) in [5.41, 5.74) is 2.38. The Morgan fingerprint density at radius 1 is 1.00 bits per heavy atom. The molecule has 5 rings (SSSR count). The fourth-order valence-electron chi connectivity index (χ4n) is 3.77. The van der Waals surface area contributed by atoms with Crippen molar-refractivity contribution in [3.8, 4) is 11.5 Å². The molecule has 5 aromatic rings. The van der Waals surface area contributed by atoms with Crippen molar-refractivity contribution in [1.29, 1.82) is 0 Å². The van der Waals surface area contributed by atoms with Crippen LogP contribution in [0.25, 0.3) is 11.0 Å². The molecular weight excluding hydrogens is 585 g/mol. The topological polar surface area (TPSA) is 115 Å². The van der Waals surface area contributed by atoms with Crippen LogP contribution >= 0.6 is 11.3 Å². The van der Waals surface area contributed by atoms with Crippen molar-refractivity contribution in [3.05, 3.63) is 77.2 Å². The first-order chi connectivity index (χ1) is 19.1. The number of anilines is 3. The Balaban J connectivity index is 1.49. The number of amides is 1. The van der Waals surface area contributed by atoms with Crippen molar-refractivity contribution in [3.63, 3.8) is 0 Å². The van der Waals surface area contributed by atoms with Crippen LogP contribution < -0.4 is 19.7 Å². The van der Waals surface area contributed by atoms with Crippen LogP contribution in [0.15, 0.2) is 60.9 Å². The summed E-state index contributed by atoms with van der Waals surface area (Å²) in [6.07, 6.45) is 1.48. The van der Waals surface area contributed by atoms with E-state index in [1.165, 1.54) is 22.0 Å². The number of nitrogens with one attached hydrogen (secondary N) is 2. The van der Waals surface area contributed by atoms with E-state index in [2.05, 4.69) is 65.4 Å². The molecule has 2 N–H and O–H groups in total. The van der Waals surface area contributed by atoms with Crippen LogP contribution in [-0.4, -0.2) is 47.9 Å². The van der Waals surface area contributed by atoms with Crippen LogP contribution in [0, 0.1) is 0 Å². The van der Waals surface area contributed by atoms with Crippen LogP contribution in [0.1, 0.15) is 61.6 Å². The van der Waals surface area contributed by atoms with Crippen LogP contribution in [0.3, 0.4) is 0 Å². The van der Waals surface area contributed by atoms with Crippen molar-refractivity contribution in [2.75, 3.05) is 10.6 Å². The molecule has 1 atom stereocenters. The van der Waals surface area contributed by atoms with Gasteiger partial charge >= 0.3 is 168 Å². The normalized spacial score (nSPS) is 11.6. The minimum absolute atomic E-state index is 0.154. The number of nitrogens with zero attached hydrogens (tertiary/aromatic N) is 5. The summed E-state index contributed by atoms with van der Waals surface area (Å²) >= 11 is 2.91. The van der Waals surface area contributed by atoms with Gasteiger partial charge in [-0.3, -0.25) is 0 Å². The summed E-state index contributed by atoms with van der Waals surface area (Å²) < 4.78 is 7.42. The Morgan fingerprint density at radius 2 is 1.77 bits per heavy atom. The number of carbonyl (C=O) groups excluding carboxylic acids is 1. The molecule has 0 saturated heterocycles. The van der Waals surface area contributed by atoms with E-state index in [1.807, 2.05) is 36.4 Å². The number of hydrogen-bond acceptors (Lipinski definition) is 9. The molecule has 3 aromatic heterocycles.